The van der Waals surface area contributed by atoms with Crippen LogP contribution < -0.4 is 27.0 Å². The molecule has 0 aliphatic carbocycles. The summed E-state index contributed by atoms with van der Waals surface area (Å²) in [6.45, 7) is 0.387. The zero-order valence-electron chi connectivity index (χ0n) is 25.3. The Morgan fingerprint density at radius 2 is 1.49 bits per heavy atom. The summed E-state index contributed by atoms with van der Waals surface area (Å²) < 4.78 is 0. The first-order valence-electron chi connectivity index (χ1n) is 14.8. The number of pyridine rings is 2. The number of fused-ring (bicyclic) bond motifs is 1. The Balaban J connectivity index is 1.57. The lowest BCUT2D eigenvalue weighted by Crippen LogP contribution is -2.51. The summed E-state index contributed by atoms with van der Waals surface area (Å²) in [6, 6.07) is 7.43. The highest BCUT2D eigenvalue weighted by Crippen LogP contribution is 2.15. The summed E-state index contributed by atoms with van der Waals surface area (Å²) >= 11 is 0. The molecule has 9 N–H and O–H groups in total. The van der Waals surface area contributed by atoms with Crippen LogP contribution in [0.25, 0.3) is 10.9 Å². The monoisotopic (exact) mass is 651 g/mol. The normalized spacial score (nSPS) is 12.7. The number of urea groups is 1. The number of benzene rings is 1. The van der Waals surface area contributed by atoms with Crippen molar-refractivity contribution in [2.24, 2.45) is 5.73 Å². The molecule has 47 heavy (non-hydrogen) atoms. The van der Waals surface area contributed by atoms with Crippen LogP contribution in [0.1, 0.15) is 53.7 Å². The van der Waals surface area contributed by atoms with Gasteiger partial charge < -0.3 is 42.3 Å². The molecule has 250 valence electrons. The number of carbonyl (C=O) groups excluding carboxylic acids is 3. The number of nitrogens with zero attached hydrogens (tertiary/aromatic N) is 2. The van der Waals surface area contributed by atoms with E-state index in [1.165, 1.54) is 12.3 Å². The van der Waals surface area contributed by atoms with Crippen LogP contribution in [0.2, 0.25) is 0 Å². The number of amides is 4. The van der Waals surface area contributed by atoms with Crippen LogP contribution in [0.15, 0.2) is 54.9 Å². The molecule has 1 aromatic carbocycles. The molecule has 0 saturated heterocycles. The van der Waals surface area contributed by atoms with Gasteiger partial charge in [-0.15, -0.1) is 0 Å². The van der Waals surface area contributed by atoms with E-state index < -0.39 is 60.3 Å². The number of carboxylic acid groups (broad SMARTS) is 3. The van der Waals surface area contributed by atoms with Crippen molar-refractivity contribution in [3.63, 3.8) is 0 Å². The van der Waals surface area contributed by atoms with Gasteiger partial charge >= 0.3 is 23.9 Å². The Labute approximate surface area is 269 Å². The highest BCUT2D eigenvalue weighted by molar-refractivity contribution is 5.96. The van der Waals surface area contributed by atoms with Crippen LogP contribution in [0.5, 0.6) is 0 Å². The van der Waals surface area contributed by atoms with Crippen molar-refractivity contribution < 1.29 is 44.1 Å². The molecule has 3 aromatic rings. The quantitative estimate of drug-likeness (QED) is 0.0888. The molecule has 0 radical (unpaired) electrons. The van der Waals surface area contributed by atoms with Gasteiger partial charge in [-0.25, -0.2) is 14.4 Å². The molecule has 3 rings (SSSR count). The Morgan fingerprint density at radius 1 is 0.787 bits per heavy atom. The van der Waals surface area contributed by atoms with Crippen molar-refractivity contribution >= 4 is 46.7 Å². The topological polar surface area (TPSA) is 263 Å². The second-order valence-corrected chi connectivity index (χ2v) is 10.6. The van der Waals surface area contributed by atoms with Gasteiger partial charge in [-0.1, -0.05) is 18.2 Å². The largest absolute Gasteiger partial charge is 0.481 e. The number of aliphatic carboxylic acids is 3. The first kappa shape index (κ1) is 35.8. The Kier molecular flexibility index (Phi) is 13.5. The number of nitrogens with two attached hydrogens (primary N) is 1. The first-order chi connectivity index (χ1) is 22.5. The van der Waals surface area contributed by atoms with Crippen molar-refractivity contribution in [2.45, 2.75) is 63.2 Å². The molecule has 4 amide bonds. The minimum Gasteiger partial charge on any atom is -0.481 e. The minimum atomic E-state index is -1.52. The van der Waals surface area contributed by atoms with E-state index in [2.05, 4.69) is 31.2 Å². The van der Waals surface area contributed by atoms with Crippen LogP contribution >= 0.6 is 0 Å². The van der Waals surface area contributed by atoms with Crippen LogP contribution in [-0.2, 0) is 32.1 Å². The van der Waals surface area contributed by atoms with E-state index in [0.717, 1.165) is 22.0 Å². The summed E-state index contributed by atoms with van der Waals surface area (Å²) in [5.41, 5.74) is 8.00. The lowest BCUT2D eigenvalue weighted by atomic mass is 10.0. The number of aromatic nitrogens is 2. The molecule has 0 aliphatic heterocycles. The number of unbranched alkanes of at least 4 members (excludes halogenated alkanes) is 1. The van der Waals surface area contributed by atoms with Crippen LogP contribution in [0, 0.1) is 0 Å². The molecule has 0 spiro atoms. The molecule has 0 unspecified atom stereocenters. The minimum absolute atomic E-state index is 0.0404. The fourth-order valence-corrected chi connectivity index (χ4v) is 4.56. The van der Waals surface area contributed by atoms with Crippen molar-refractivity contribution in [2.75, 3.05) is 6.54 Å². The third kappa shape index (κ3) is 11.7. The molecule has 0 bridgehead atoms. The fourth-order valence-electron chi connectivity index (χ4n) is 4.56. The van der Waals surface area contributed by atoms with E-state index in [-0.39, 0.29) is 44.5 Å². The summed E-state index contributed by atoms with van der Waals surface area (Å²) in [7, 11) is 0. The summed E-state index contributed by atoms with van der Waals surface area (Å²) in [6.07, 6.45) is 2.96. The Morgan fingerprint density at radius 3 is 2.13 bits per heavy atom. The predicted octanol–water partition coefficient (Wildman–Crippen LogP) is 0.787. The molecule has 0 fully saturated rings. The van der Waals surface area contributed by atoms with Crippen molar-refractivity contribution in [3.8, 4) is 0 Å². The van der Waals surface area contributed by atoms with Gasteiger partial charge in [0, 0.05) is 43.7 Å². The predicted molar refractivity (Wildman–Crippen MR) is 167 cm³/mol. The maximum Gasteiger partial charge on any atom is 0.326 e. The number of hydrogen-bond acceptors (Lipinski definition) is 9. The summed E-state index contributed by atoms with van der Waals surface area (Å²) in [4.78, 5) is 80.6. The standard InChI is InChI=1S/C31H37N7O9/c32-16-19-7-9-22(35-17-19)28(42)36-25(15-18-6-8-21-20(14-18)4-3-13-33-21)27(41)34-12-2-1-5-23(29(43)44)37-31(47)38-24(30(45)46)10-11-26(39)40/h3-4,6-9,13-14,17,23-25H,1-2,5,10-12,15-16,32H2,(H,34,41)(H,36,42)(H,39,40)(H,43,44)(H,45,46)(H2,37,38,47)/t23-,24-,25-/m0/s1. The number of rotatable bonds is 18. The van der Waals surface area contributed by atoms with Crippen LogP contribution in [0.4, 0.5) is 4.79 Å². The summed E-state index contributed by atoms with van der Waals surface area (Å²) in [5, 5.41) is 38.1. The molecule has 2 aromatic heterocycles. The van der Waals surface area contributed by atoms with Gasteiger partial charge in [-0.3, -0.25) is 24.4 Å². The number of nitrogens with one attached hydrogen (secondary N) is 4. The molecular weight excluding hydrogens is 614 g/mol. The van der Waals surface area contributed by atoms with Gasteiger partial charge in [0.05, 0.1) is 5.52 Å². The van der Waals surface area contributed by atoms with Crippen molar-refractivity contribution in [3.05, 3.63) is 71.7 Å². The Bertz CT molecular complexity index is 1580. The van der Waals surface area contributed by atoms with E-state index in [4.69, 9.17) is 10.8 Å². The second kappa shape index (κ2) is 17.7. The van der Waals surface area contributed by atoms with Gasteiger partial charge in [0.15, 0.2) is 0 Å². The van der Waals surface area contributed by atoms with Gasteiger partial charge in [0.1, 0.15) is 23.8 Å². The molecule has 2 heterocycles. The van der Waals surface area contributed by atoms with E-state index in [0.29, 0.717) is 6.42 Å². The van der Waals surface area contributed by atoms with Gasteiger partial charge in [0.2, 0.25) is 5.91 Å². The van der Waals surface area contributed by atoms with E-state index in [1.54, 1.807) is 18.3 Å². The number of carbonyl (C=O) groups is 6. The molecule has 0 saturated carbocycles. The molecule has 16 nitrogen and oxygen atoms in total. The van der Waals surface area contributed by atoms with Crippen molar-refractivity contribution in [1.82, 2.24) is 31.2 Å². The third-order valence-electron chi connectivity index (χ3n) is 7.09. The van der Waals surface area contributed by atoms with Crippen molar-refractivity contribution in [1.29, 1.82) is 0 Å². The van der Waals surface area contributed by atoms with Gasteiger partial charge in [-0.05, 0) is 61.1 Å². The number of carboxylic acids is 3. The average molecular weight is 652 g/mol. The highest BCUT2D eigenvalue weighted by atomic mass is 16.4. The van der Waals surface area contributed by atoms with Crippen LogP contribution in [0.3, 0.4) is 0 Å². The van der Waals surface area contributed by atoms with Crippen LogP contribution in [-0.4, -0.2) is 85.7 Å². The van der Waals surface area contributed by atoms with Gasteiger partial charge in [-0.2, -0.15) is 0 Å². The second-order valence-electron chi connectivity index (χ2n) is 10.6. The summed E-state index contributed by atoms with van der Waals surface area (Å²) in [5.74, 6) is -5.10. The smallest absolute Gasteiger partial charge is 0.326 e. The lowest BCUT2D eigenvalue weighted by molar-refractivity contribution is -0.140. The van der Waals surface area contributed by atoms with Gasteiger partial charge in [0.25, 0.3) is 5.91 Å². The molecular formula is C31H37N7O9. The lowest BCUT2D eigenvalue weighted by Gasteiger charge is -2.20. The maximum atomic E-state index is 13.3. The molecule has 3 atom stereocenters. The molecule has 16 heteroatoms. The van der Waals surface area contributed by atoms with E-state index >= 15 is 0 Å². The van der Waals surface area contributed by atoms with E-state index in [1.807, 2.05) is 24.3 Å². The zero-order valence-corrected chi connectivity index (χ0v) is 25.3. The first-order valence-corrected chi connectivity index (χ1v) is 14.8. The maximum absolute atomic E-state index is 13.3. The molecule has 0 aliphatic rings. The Hall–Kier alpha value is -5.64. The SMILES string of the molecule is NCc1ccc(C(=O)N[C@@H](Cc2ccc3ncccc3c2)C(=O)NCCCC[C@H](NC(=O)N[C@@H](CCC(=O)O)C(=O)O)C(=O)O)nc1. The highest BCUT2D eigenvalue weighted by Gasteiger charge is 2.25. The average Bonchev–Trinajstić information content (AvgIpc) is 3.05. The number of hydrogen-bond donors (Lipinski definition) is 8. The fraction of sp³-hybridized carbons (Fsp3) is 0.355. The van der Waals surface area contributed by atoms with E-state index in [9.17, 15) is 39.0 Å². The zero-order chi connectivity index (χ0) is 34.3. The third-order valence-corrected chi connectivity index (χ3v) is 7.09.